The normalized spacial score (nSPS) is 13.9. The number of hydrogen-bond donors (Lipinski definition) is 5. The van der Waals surface area contributed by atoms with Crippen LogP contribution in [-0.2, 0) is 0 Å². The van der Waals surface area contributed by atoms with Crippen LogP contribution in [0.3, 0.4) is 0 Å². The first-order valence-electron chi connectivity index (χ1n) is 8.81. The molecular weight excluding hydrogens is 376 g/mol. The maximum absolute atomic E-state index is 12.5. The number of H-pyrrole nitrogens is 1. The number of nitrogens with one attached hydrogen (secondary N) is 2. The summed E-state index contributed by atoms with van der Waals surface area (Å²) in [6, 6.07) is 13.5. The lowest BCUT2D eigenvalue weighted by atomic mass is 10.1. The molecule has 3 aromatic rings. The van der Waals surface area contributed by atoms with E-state index in [2.05, 4.69) is 20.5 Å². The third kappa shape index (κ3) is 4.54. The maximum Gasteiger partial charge on any atom is 0.276 e. The Labute approximate surface area is 165 Å². The number of fused-ring (bicyclic) bond motifs is 1. The van der Waals surface area contributed by atoms with Gasteiger partial charge in [0, 0.05) is 5.56 Å². The molecule has 1 heterocycles. The molecule has 1 amide bonds. The lowest BCUT2D eigenvalue weighted by Crippen LogP contribution is -2.41. The monoisotopic (exact) mass is 396 g/mol. The minimum absolute atomic E-state index is 0.284. The second-order valence-corrected chi connectivity index (χ2v) is 6.43. The Kier molecular flexibility index (Phi) is 6.13. The molecule has 150 valence electrons. The molecule has 0 spiro atoms. The lowest BCUT2D eigenvalue weighted by Gasteiger charge is -2.17. The maximum atomic E-state index is 12.5. The van der Waals surface area contributed by atoms with E-state index in [0.29, 0.717) is 16.6 Å². The highest BCUT2D eigenvalue weighted by atomic mass is 16.4. The van der Waals surface area contributed by atoms with E-state index < -0.39 is 30.3 Å². The molecule has 2 atom stereocenters. The van der Waals surface area contributed by atoms with Gasteiger partial charge in [-0.3, -0.25) is 9.59 Å². The molecule has 29 heavy (non-hydrogen) atoms. The van der Waals surface area contributed by atoms with Gasteiger partial charge in [-0.2, -0.15) is 5.10 Å². The Morgan fingerprint density at radius 3 is 2.69 bits per heavy atom. The van der Waals surface area contributed by atoms with Crippen molar-refractivity contribution in [2.24, 2.45) is 5.10 Å². The molecule has 5 N–H and O–H groups in total. The first-order chi connectivity index (χ1) is 13.9. The van der Waals surface area contributed by atoms with Gasteiger partial charge in [0.25, 0.3) is 11.5 Å². The molecule has 0 aliphatic rings. The van der Waals surface area contributed by atoms with Gasteiger partial charge in [0.15, 0.2) is 5.69 Å². The van der Waals surface area contributed by atoms with E-state index >= 15 is 0 Å². The van der Waals surface area contributed by atoms with Crippen LogP contribution in [0.2, 0.25) is 0 Å². The van der Waals surface area contributed by atoms with Crippen molar-refractivity contribution in [3.63, 3.8) is 0 Å². The fraction of sp³-hybridized carbons (Fsp3) is 0.200. The fourth-order valence-electron chi connectivity index (χ4n) is 2.71. The number of hydrogen-bond acceptors (Lipinski definition) is 7. The summed E-state index contributed by atoms with van der Waals surface area (Å²) in [5, 5.41) is 33.2. The third-order valence-electron chi connectivity index (χ3n) is 4.23. The second-order valence-electron chi connectivity index (χ2n) is 6.43. The third-order valence-corrected chi connectivity index (χ3v) is 4.23. The number of para-hydroxylation sites is 2. The van der Waals surface area contributed by atoms with Crippen molar-refractivity contribution >= 4 is 22.7 Å². The van der Waals surface area contributed by atoms with E-state index in [4.69, 9.17) is 5.11 Å². The van der Waals surface area contributed by atoms with Crippen molar-refractivity contribution in [2.45, 2.75) is 19.1 Å². The molecular formula is C20H20N4O5. The number of benzene rings is 2. The van der Waals surface area contributed by atoms with Crippen LogP contribution in [-0.4, -0.2) is 55.7 Å². The lowest BCUT2D eigenvalue weighted by molar-refractivity contribution is 0.0183. The molecule has 0 aliphatic carbocycles. The second kappa shape index (κ2) is 8.74. The van der Waals surface area contributed by atoms with Crippen molar-refractivity contribution < 1.29 is 20.1 Å². The molecule has 2 unspecified atom stereocenters. The number of nitrogens with zero attached hydrogens (tertiary/aromatic N) is 2. The standard InChI is InChI=1S/C20H20N4O5/c1-11-5-4-6-12(9-11)19(28)24-23-16(18(27)15(26)10-25)17-20(29)22-14-8-3-2-7-13(14)21-17/h2-9,15,18,25-27H,10H2,1H3,(H,22,29)(H,24,28)/b23-16-. The molecule has 2 aromatic carbocycles. The average Bonchev–Trinajstić information content (AvgIpc) is 2.73. The van der Waals surface area contributed by atoms with Crippen LogP contribution in [0.1, 0.15) is 21.6 Å². The van der Waals surface area contributed by atoms with Crippen LogP contribution >= 0.6 is 0 Å². The summed E-state index contributed by atoms with van der Waals surface area (Å²) in [6.45, 7) is 1.04. The van der Waals surface area contributed by atoms with Gasteiger partial charge in [-0.15, -0.1) is 0 Å². The number of aliphatic hydroxyl groups excluding tert-OH is 3. The van der Waals surface area contributed by atoms with Gasteiger partial charge in [0.1, 0.15) is 17.9 Å². The van der Waals surface area contributed by atoms with Gasteiger partial charge in [0.2, 0.25) is 0 Å². The van der Waals surface area contributed by atoms with E-state index in [1.807, 2.05) is 13.0 Å². The van der Waals surface area contributed by atoms with Crippen molar-refractivity contribution in [3.8, 4) is 0 Å². The van der Waals surface area contributed by atoms with Crippen LogP contribution in [0.25, 0.3) is 11.0 Å². The summed E-state index contributed by atoms with van der Waals surface area (Å²) in [5.41, 5.74) is 3.02. The predicted molar refractivity (Wildman–Crippen MR) is 107 cm³/mol. The number of carbonyl (C=O) groups excluding carboxylic acids is 1. The molecule has 0 fully saturated rings. The Morgan fingerprint density at radius 1 is 1.21 bits per heavy atom. The quantitative estimate of drug-likeness (QED) is 0.294. The van der Waals surface area contributed by atoms with Gasteiger partial charge in [-0.25, -0.2) is 10.4 Å². The SMILES string of the molecule is Cc1cccc(C(=O)N/N=C(/c2nc3ccccc3[nH]c2=O)C(O)C(O)CO)c1. The van der Waals surface area contributed by atoms with Gasteiger partial charge in [-0.05, 0) is 31.2 Å². The van der Waals surface area contributed by atoms with Crippen LogP contribution in [0.5, 0.6) is 0 Å². The van der Waals surface area contributed by atoms with E-state index in [1.165, 1.54) is 0 Å². The summed E-state index contributed by atoms with van der Waals surface area (Å²) in [4.78, 5) is 31.7. The number of aryl methyl sites for hydroxylation is 1. The Morgan fingerprint density at radius 2 is 1.97 bits per heavy atom. The fourth-order valence-corrected chi connectivity index (χ4v) is 2.71. The molecule has 9 heteroatoms. The molecule has 0 saturated carbocycles. The highest BCUT2D eigenvalue weighted by Crippen LogP contribution is 2.10. The highest BCUT2D eigenvalue weighted by molar-refractivity contribution is 6.04. The van der Waals surface area contributed by atoms with Gasteiger partial charge in [0.05, 0.1) is 17.6 Å². The smallest absolute Gasteiger partial charge is 0.276 e. The van der Waals surface area contributed by atoms with Gasteiger partial charge >= 0.3 is 0 Å². The first kappa shape index (κ1) is 20.3. The van der Waals surface area contributed by atoms with Crippen molar-refractivity contribution in [3.05, 3.63) is 75.7 Å². The van der Waals surface area contributed by atoms with E-state index in [9.17, 15) is 19.8 Å². The minimum atomic E-state index is -1.76. The predicted octanol–water partition coefficient (Wildman–Crippen LogP) is 0.0797. The number of amides is 1. The molecule has 0 saturated heterocycles. The number of carbonyl (C=O) groups is 1. The minimum Gasteiger partial charge on any atom is -0.394 e. The summed E-state index contributed by atoms with van der Waals surface area (Å²) < 4.78 is 0. The zero-order chi connectivity index (χ0) is 21.0. The molecule has 1 aromatic heterocycles. The van der Waals surface area contributed by atoms with E-state index in [1.54, 1.807) is 42.5 Å². The first-order valence-corrected chi connectivity index (χ1v) is 8.81. The topological polar surface area (TPSA) is 148 Å². The van der Waals surface area contributed by atoms with Crippen molar-refractivity contribution in [1.82, 2.24) is 15.4 Å². The summed E-state index contributed by atoms with van der Waals surface area (Å²) >= 11 is 0. The van der Waals surface area contributed by atoms with Crippen LogP contribution < -0.4 is 11.0 Å². The Hall–Kier alpha value is -3.40. The summed E-state index contributed by atoms with van der Waals surface area (Å²) in [5.74, 6) is -0.575. The number of aromatic amines is 1. The summed E-state index contributed by atoms with van der Waals surface area (Å²) in [6.07, 6.45) is -3.38. The van der Waals surface area contributed by atoms with Crippen molar-refractivity contribution in [2.75, 3.05) is 6.61 Å². The zero-order valence-corrected chi connectivity index (χ0v) is 15.5. The molecule has 0 aliphatic heterocycles. The van der Waals surface area contributed by atoms with E-state index in [-0.39, 0.29) is 11.4 Å². The Balaban J connectivity index is 2.03. The molecule has 0 bridgehead atoms. The molecule has 0 radical (unpaired) electrons. The number of aliphatic hydroxyl groups is 3. The molecule has 3 rings (SSSR count). The molecule has 9 nitrogen and oxygen atoms in total. The van der Waals surface area contributed by atoms with Crippen LogP contribution in [0, 0.1) is 6.92 Å². The van der Waals surface area contributed by atoms with Gasteiger partial charge < -0.3 is 20.3 Å². The zero-order valence-electron chi connectivity index (χ0n) is 15.5. The van der Waals surface area contributed by atoms with Gasteiger partial charge in [-0.1, -0.05) is 29.8 Å². The average molecular weight is 396 g/mol. The van der Waals surface area contributed by atoms with Crippen molar-refractivity contribution in [1.29, 1.82) is 0 Å². The Bertz CT molecular complexity index is 1130. The number of rotatable bonds is 6. The highest BCUT2D eigenvalue weighted by Gasteiger charge is 2.27. The van der Waals surface area contributed by atoms with E-state index in [0.717, 1.165) is 5.56 Å². The van der Waals surface area contributed by atoms with Crippen LogP contribution in [0.4, 0.5) is 0 Å². The largest absolute Gasteiger partial charge is 0.394 e. The van der Waals surface area contributed by atoms with Crippen LogP contribution in [0.15, 0.2) is 58.4 Å². The summed E-state index contributed by atoms with van der Waals surface area (Å²) in [7, 11) is 0. The number of aromatic nitrogens is 2. The number of hydrazone groups is 1.